The van der Waals surface area contributed by atoms with E-state index in [1.54, 1.807) is 0 Å². The van der Waals surface area contributed by atoms with E-state index in [1.807, 2.05) is 6.92 Å². The predicted octanol–water partition coefficient (Wildman–Crippen LogP) is -1.00. The Kier molecular flexibility index (Phi) is 2.32. The summed E-state index contributed by atoms with van der Waals surface area (Å²) in [5.41, 5.74) is 0. The summed E-state index contributed by atoms with van der Waals surface area (Å²) in [4.78, 5) is 2.13. The predicted molar refractivity (Wildman–Crippen MR) is 44.8 cm³/mol. The summed E-state index contributed by atoms with van der Waals surface area (Å²) in [6.07, 6.45) is -0.454. The molecule has 0 amide bonds. The highest BCUT2D eigenvalue weighted by Crippen LogP contribution is 2.17. The molecule has 0 aliphatic carbocycles. The molecule has 2 aliphatic rings. The molecule has 0 bridgehead atoms. The van der Waals surface area contributed by atoms with Crippen LogP contribution < -0.4 is 5.32 Å². The lowest BCUT2D eigenvalue weighted by atomic mass is 10.1. The molecular weight excluding hydrogens is 156 g/mol. The van der Waals surface area contributed by atoms with Crippen molar-refractivity contribution >= 4 is 0 Å². The number of hydrogen-bond acceptors (Lipinski definition) is 4. The first-order valence-corrected chi connectivity index (χ1v) is 4.55. The fourth-order valence-corrected chi connectivity index (χ4v) is 1.90. The summed E-state index contributed by atoms with van der Waals surface area (Å²) < 4.78 is 5.43. The molecule has 0 aromatic rings. The van der Waals surface area contributed by atoms with Gasteiger partial charge < -0.3 is 15.2 Å². The van der Waals surface area contributed by atoms with E-state index in [2.05, 4.69) is 10.2 Å². The van der Waals surface area contributed by atoms with E-state index in [9.17, 15) is 5.11 Å². The van der Waals surface area contributed by atoms with E-state index in [1.165, 1.54) is 0 Å². The molecule has 0 radical (unpaired) electrons. The van der Waals surface area contributed by atoms with Crippen molar-refractivity contribution in [2.75, 3.05) is 26.2 Å². The maximum Gasteiger partial charge on any atom is 0.133 e. The summed E-state index contributed by atoms with van der Waals surface area (Å²) in [5, 5.41) is 13.0. The summed E-state index contributed by atoms with van der Waals surface area (Å²) in [7, 11) is 0. The van der Waals surface area contributed by atoms with Crippen molar-refractivity contribution in [1.29, 1.82) is 0 Å². The Hall–Kier alpha value is -0.160. The normalized spacial score (nSPS) is 44.0. The molecule has 0 aromatic heterocycles. The van der Waals surface area contributed by atoms with Crippen LogP contribution in [0.5, 0.6) is 0 Å². The molecule has 0 aromatic carbocycles. The van der Waals surface area contributed by atoms with Crippen LogP contribution in [0.3, 0.4) is 0 Å². The second kappa shape index (κ2) is 3.30. The van der Waals surface area contributed by atoms with Crippen LogP contribution in [0, 0.1) is 0 Å². The van der Waals surface area contributed by atoms with E-state index in [-0.39, 0.29) is 6.10 Å². The second-order valence-electron chi connectivity index (χ2n) is 3.55. The molecule has 2 N–H and O–H groups in total. The van der Waals surface area contributed by atoms with Gasteiger partial charge in [0.15, 0.2) is 0 Å². The molecule has 1 unspecified atom stereocenters. The molecule has 3 atom stereocenters. The molecule has 2 aliphatic heterocycles. The third kappa shape index (κ3) is 1.35. The van der Waals surface area contributed by atoms with Crippen LogP contribution >= 0.6 is 0 Å². The number of aliphatic hydroxyl groups excluding tert-OH is 1. The first-order valence-electron chi connectivity index (χ1n) is 4.55. The van der Waals surface area contributed by atoms with E-state index in [0.29, 0.717) is 6.04 Å². The highest BCUT2D eigenvalue weighted by molar-refractivity contribution is 4.86. The Balaban J connectivity index is 2.03. The minimum absolute atomic E-state index is 0.0423. The third-order valence-corrected chi connectivity index (χ3v) is 2.71. The highest BCUT2D eigenvalue weighted by Gasteiger charge is 2.35. The van der Waals surface area contributed by atoms with Gasteiger partial charge in [0.2, 0.25) is 0 Å². The largest absolute Gasteiger partial charge is 0.376 e. The summed E-state index contributed by atoms with van der Waals surface area (Å²) in [6.45, 7) is 5.50. The van der Waals surface area contributed by atoms with Gasteiger partial charge in [-0.15, -0.1) is 0 Å². The molecule has 0 saturated carbocycles. The minimum Gasteiger partial charge on any atom is -0.376 e. The molecule has 0 spiro atoms. The van der Waals surface area contributed by atoms with Crippen LogP contribution in [0.25, 0.3) is 0 Å². The SMILES string of the molecule is C[C@H]1OC[C@@H]2CNCCN2C1O. The van der Waals surface area contributed by atoms with Gasteiger partial charge in [-0.2, -0.15) is 0 Å². The van der Waals surface area contributed by atoms with E-state index in [4.69, 9.17) is 4.74 Å². The Morgan fingerprint density at radius 1 is 1.58 bits per heavy atom. The Labute approximate surface area is 72.5 Å². The van der Waals surface area contributed by atoms with Crippen LogP contribution in [0.4, 0.5) is 0 Å². The third-order valence-electron chi connectivity index (χ3n) is 2.71. The number of rotatable bonds is 0. The number of hydrogen-bond donors (Lipinski definition) is 2. The van der Waals surface area contributed by atoms with Gasteiger partial charge in [0, 0.05) is 25.7 Å². The highest BCUT2D eigenvalue weighted by atomic mass is 16.5. The van der Waals surface area contributed by atoms with Crippen molar-refractivity contribution in [3.8, 4) is 0 Å². The van der Waals surface area contributed by atoms with Crippen molar-refractivity contribution in [2.45, 2.75) is 25.3 Å². The molecule has 2 heterocycles. The summed E-state index contributed by atoms with van der Waals surface area (Å²) in [6, 6.07) is 0.366. The van der Waals surface area contributed by atoms with E-state index >= 15 is 0 Å². The van der Waals surface area contributed by atoms with Crippen LogP contribution in [-0.2, 0) is 4.74 Å². The van der Waals surface area contributed by atoms with Gasteiger partial charge in [-0.25, -0.2) is 0 Å². The maximum atomic E-state index is 9.75. The number of nitrogens with one attached hydrogen (secondary N) is 1. The molecule has 2 saturated heterocycles. The molecule has 2 rings (SSSR count). The van der Waals surface area contributed by atoms with Gasteiger partial charge in [-0.1, -0.05) is 0 Å². The summed E-state index contributed by atoms with van der Waals surface area (Å²) >= 11 is 0. The molecule has 70 valence electrons. The van der Waals surface area contributed by atoms with Crippen LogP contribution in [0.2, 0.25) is 0 Å². The molecule has 12 heavy (non-hydrogen) atoms. The number of morpholine rings is 1. The average molecular weight is 172 g/mol. The lowest BCUT2D eigenvalue weighted by molar-refractivity contribution is -0.179. The monoisotopic (exact) mass is 172 g/mol. The van der Waals surface area contributed by atoms with Crippen LogP contribution in [0.1, 0.15) is 6.92 Å². The van der Waals surface area contributed by atoms with Gasteiger partial charge in [-0.3, -0.25) is 4.90 Å². The number of nitrogens with zero attached hydrogens (tertiary/aromatic N) is 1. The molecule has 2 fully saturated rings. The minimum atomic E-state index is -0.411. The Morgan fingerprint density at radius 3 is 3.25 bits per heavy atom. The van der Waals surface area contributed by atoms with Crippen molar-refractivity contribution in [3.63, 3.8) is 0 Å². The topological polar surface area (TPSA) is 44.7 Å². The molecule has 4 nitrogen and oxygen atoms in total. The molecular formula is C8H16N2O2. The zero-order chi connectivity index (χ0) is 8.55. The van der Waals surface area contributed by atoms with E-state index < -0.39 is 6.23 Å². The van der Waals surface area contributed by atoms with Crippen molar-refractivity contribution in [2.24, 2.45) is 0 Å². The van der Waals surface area contributed by atoms with Gasteiger partial charge in [-0.05, 0) is 6.92 Å². The Bertz CT molecular complexity index is 163. The first-order chi connectivity index (χ1) is 5.79. The zero-order valence-corrected chi connectivity index (χ0v) is 7.36. The lowest BCUT2D eigenvalue weighted by Crippen LogP contribution is -2.63. The van der Waals surface area contributed by atoms with Crippen LogP contribution in [-0.4, -0.2) is 54.6 Å². The number of piperazine rings is 1. The van der Waals surface area contributed by atoms with Crippen molar-refractivity contribution < 1.29 is 9.84 Å². The quantitative estimate of drug-likeness (QED) is 0.492. The zero-order valence-electron chi connectivity index (χ0n) is 7.36. The standard InChI is InChI=1S/C8H16N2O2/c1-6-8(11)10-3-2-9-4-7(10)5-12-6/h6-9,11H,2-5H2,1H3/t6-,7+,8?/m1/s1. The van der Waals surface area contributed by atoms with E-state index in [0.717, 1.165) is 26.2 Å². The maximum absolute atomic E-state index is 9.75. The molecule has 4 heteroatoms. The van der Waals surface area contributed by atoms with Crippen molar-refractivity contribution in [3.05, 3.63) is 0 Å². The fraction of sp³-hybridized carbons (Fsp3) is 1.00. The Morgan fingerprint density at radius 2 is 2.42 bits per heavy atom. The first kappa shape index (κ1) is 8.44. The number of fused-ring (bicyclic) bond motifs is 1. The van der Waals surface area contributed by atoms with Gasteiger partial charge in [0.1, 0.15) is 6.23 Å². The smallest absolute Gasteiger partial charge is 0.133 e. The number of aliphatic hydroxyl groups is 1. The second-order valence-corrected chi connectivity index (χ2v) is 3.55. The lowest BCUT2D eigenvalue weighted by Gasteiger charge is -2.45. The van der Waals surface area contributed by atoms with Gasteiger partial charge >= 0.3 is 0 Å². The van der Waals surface area contributed by atoms with Crippen molar-refractivity contribution in [1.82, 2.24) is 10.2 Å². The number of ether oxygens (including phenoxy) is 1. The van der Waals surface area contributed by atoms with Crippen LogP contribution in [0.15, 0.2) is 0 Å². The summed E-state index contributed by atoms with van der Waals surface area (Å²) in [5.74, 6) is 0. The van der Waals surface area contributed by atoms with Gasteiger partial charge in [0.05, 0.1) is 12.7 Å². The fourth-order valence-electron chi connectivity index (χ4n) is 1.90. The average Bonchev–Trinajstić information content (AvgIpc) is 2.12. The van der Waals surface area contributed by atoms with Gasteiger partial charge in [0.25, 0.3) is 0 Å².